The average molecular weight is 905 g/mol. The van der Waals surface area contributed by atoms with Gasteiger partial charge in [-0.25, -0.2) is 28.7 Å². The molecule has 0 amide bonds. The number of rotatable bonds is 16. The molecular weight excluding hydrogens is 839 g/mol. The fourth-order valence-electron chi connectivity index (χ4n) is 8.27. The summed E-state index contributed by atoms with van der Waals surface area (Å²) in [6.45, 7) is 20.4. The molecule has 0 N–H and O–H groups in total. The minimum atomic E-state index is -1.16. The van der Waals surface area contributed by atoms with Crippen LogP contribution in [0.4, 0.5) is 20.4 Å². The van der Waals surface area contributed by atoms with Crippen LogP contribution in [-0.2, 0) is 22.9 Å². The van der Waals surface area contributed by atoms with Crippen LogP contribution in [0.1, 0.15) is 49.2 Å². The van der Waals surface area contributed by atoms with E-state index in [1.165, 1.54) is 12.1 Å². The second-order valence-corrected chi connectivity index (χ2v) is 30.7. The SMILES string of the molecule is C[Si](C)(C)CCOCn1c(-c2cccc(F)c2)cnc1C1CCN(c2ccccn2)CC1.C[Si](C)(C)CCOCn1cc(-c2cccc(F)c2)nc1C1CCN(c2ccccn2)CC1. The Morgan fingerprint density at radius 3 is 1.62 bits per heavy atom. The van der Waals surface area contributed by atoms with Crippen molar-refractivity contribution >= 4 is 27.8 Å². The summed E-state index contributed by atoms with van der Waals surface area (Å²) in [5.74, 6) is 4.36. The van der Waals surface area contributed by atoms with Gasteiger partial charge in [-0.1, -0.05) is 75.7 Å². The minimum Gasteiger partial charge on any atom is -0.361 e. The first-order valence-corrected chi connectivity index (χ1v) is 30.3. The van der Waals surface area contributed by atoms with E-state index < -0.39 is 16.1 Å². The van der Waals surface area contributed by atoms with Gasteiger partial charge in [-0.2, -0.15) is 0 Å². The van der Waals surface area contributed by atoms with E-state index in [0.29, 0.717) is 25.3 Å². The first-order valence-electron chi connectivity index (χ1n) is 22.9. The smallest absolute Gasteiger partial charge is 0.128 e. The zero-order valence-corrected chi connectivity index (χ0v) is 40.6. The summed E-state index contributed by atoms with van der Waals surface area (Å²) in [7, 11) is -2.30. The number of pyridine rings is 2. The Balaban J connectivity index is 0.000000191. The van der Waals surface area contributed by atoms with E-state index >= 15 is 0 Å². The summed E-state index contributed by atoms with van der Waals surface area (Å²) in [4.78, 5) is 23.4. The van der Waals surface area contributed by atoms with Crippen LogP contribution in [0, 0.1) is 11.6 Å². The molecule has 2 aromatic carbocycles. The van der Waals surface area contributed by atoms with E-state index in [-0.39, 0.29) is 11.6 Å². The number of ether oxygens (including phenoxy) is 2. The quantitative estimate of drug-likeness (QED) is 0.0701. The van der Waals surface area contributed by atoms with Crippen molar-refractivity contribution in [2.45, 2.75) is 102 Å². The monoisotopic (exact) mass is 904 g/mol. The van der Waals surface area contributed by atoms with Gasteiger partial charge < -0.3 is 28.4 Å². The average Bonchev–Trinajstić information content (AvgIpc) is 3.92. The largest absolute Gasteiger partial charge is 0.361 e. The molecule has 0 atom stereocenters. The van der Waals surface area contributed by atoms with Crippen LogP contribution >= 0.6 is 0 Å². The summed E-state index contributed by atoms with van der Waals surface area (Å²) in [6.07, 6.45) is 11.6. The van der Waals surface area contributed by atoms with Crippen molar-refractivity contribution in [3.8, 4) is 22.5 Å². The standard InChI is InChI=1S/2C25H33FN4OSi/c1-32(2,3)16-15-31-19-30-18-23(21-7-6-8-22(26)17-21)28-25(30)20-10-13-29(14-11-20)24-9-4-5-12-27-24;1-32(2,3)16-15-31-19-30-23(21-7-6-8-22(26)17-21)18-28-25(30)20-10-13-29(14-11-20)24-9-4-5-12-27-24/h2*4-9,12,17-18,20H,10-11,13-16,19H2,1-3H3. The Bertz CT molecular complexity index is 2290. The van der Waals surface area contributed by atoms with Crippen LogP contribution in [0.25, 0.3) is 22.5 Å². The Hall–Kier alpha value is -5.03. The topological polar surface area (TPSA) is 86.4 Å². The van der Waals surface area contributed by atoms with E-state index in [0.717, 1.165) is 123 Å². The second-order valence-electron chi connectivity index (χ2n) is 19.5. The van der Waals surface area contributed by atoms with Crippen molar-refractivity contribution in [2.24, 2.45) is 0 Å². The highest BCUT2D eigenvalue weighted by molar-refractivity contribution is 6.76. The van der Waals surface area contributed by atoms with Crippen LogP contribution in [0.15, 0.2) is 110 Å². The van der Waals surface area contributed by atoms with E-state index in [1.54, 1.807) is 24.3 Å². The molecule has 2 fully saturated rings. The molecule has 0 saturated carbocycles. The highest BCUT2D eigenvalue weighted by Gasteiger charge is 2.28. The van der Waals surface area contributed by atoms with E-state index in [4.69, 9.17) is 19.4 Å². The minimum absolute atomic E-state index is 0.236. The van der Waals surface area contributed by atoms with Crippen LogP contribution in [0.3, 0.4) is 0 Å². The molecule has 10 nitrogen and oxygen atoms in total. The highest BCUT2D eigenvalue weighted by atomic mass is 28.3. The van der Waals surface area contributed by atoms with Crippen molar-refractivity contribution in [3.05, 3.63) is 133 Å². The third-order valence-corrected chi connectivity index (χ3v) is 15.5. The van der Waals surface area contributed by atoms with Crippen molar-refractivity contribution in [2.75, 3.05) is 49.2 Å². The zero-order chi connectivity index (χ0) is 45.1. The maximum atomic E-state index is 13.9. The Kier molecular flexibility index (Phi) is 16.0. The molecular formula is C50H66F2N8O2Si2. The fraction of sp³-hybridized carbons (Fsp3) is 0.440. The Labute approximate surface area is 380 Å². The summed E-state index contributed by atoms with van der Waals surface area (Å²) < 4.78 is 44.2. The number of nitrogens with zero attached hydrogens (tertiary/aromatic N) is 8. The molecule has 2 aliphatic heterocycles. The number of benzene rings is 2. The highest BCUT2D eigenvalue weighted by Crippen LogP contribution is 2.34. The van der Waals surface area contributed by atoms with E-state index in [1.807, 2.05) is 61.2 Å². The van der Waals surface area contributed by atoms with Crippen molar-refractivity contribution < 1.29 is 18.3 Å². The third kappa shape index (κ3) is 13.3. The number of hydrogen-bond donors (Lipinski definition) is 0. The van der Waals surface area contributed by atoms with Crippen LogP contribution in [0.2, 0.25) is 51.4 Å². The van der Waals surface area contributed by atoms with Crippen LogP contribution in [-0.4, -0.2) is 84.6 Å². The van der Waals surface area contributed by atoms with Crippen molar-refractivity contribution in [1.82, 2.24) is 29.1 Å². The van der Waals surface area contributed by atoms with Crippen molar-refractivity contribution in [1.29, 1.82) is 0 Å². The molecule has 0 bridgehead atoms. The van der Waals surface area contributed by atoms with Gasteiger partial charge in [0.15, 0.2) is 0 Å². The second kappa shape index (κ2) is 21.8. The molecule has 0 radical (unpaired) electrons. The van der Waals surface area contributed by atoms with E-state index in [9.17, 15) is 8.78 Å². The maximum absolute atomic E-state index is 13.9. The van der Waals surface area contributed by atoms with Gasteiger partial charge in [0, 0.05) is 97.1 Å². The van der Waals surface area contributed by atoms with Crippen molar-refractivity contribution in [3.63, 3.8) is 0 Å². The number of imidazole rings is 2. The molecule has 64 heavy (non-hydrogen) atoms. The molecule has 0 unspecified atom stereocenters. The molecule has 2 aliphatic rings. The molecule has 2 saturated heterocycles. The number of aromatic nitrogens is 6. The molecule has 6 heterocycles. The first kappa shape index (κ1) is 47.0. The molecule has 340 valence electrons. The Morgan fingerprint density at radius 1 is 0.594 bits per heavy atom. The normalized spacial score (nSPS) is 15.3. The first-order chi connectivity index (χ1) is 30.8. The van der Waals surface area contributed by atoms with Gasteiger partial charge >= 0.3 is 0 Å². The summed E-state index contributed by atoms with van der Waals surface area (Å²) in [6, 6.07) is 27.7. The lowest BCUT2D eigenvalue weighted by Gasteiger charge is -2.32. The van der Waals surface area contributed by atoms with Gasteiger partial charge in [0.25, 0.3) is 0 Å². The molecule has 0 aliphatic carbocycles. The van der Waals surface area contributed by atoms with Gasteiger partial charge in [-0.05, 0) is 86.3 Å². The number of hydrogen-bond acceptors (Lipinski definition) is 8. The van der Waals surface area contributed by atoms with Gasteiger partial charge in [0.2, 0.25) is 0 Å². The Morgan fingerprint density at radius 2 is 1.11 bits per heavy atom. The predicted molar refractivity (Wildman–Crippen MR) is 260 cm³/mol. The predicted octanol–water partition coefficient (Wildman–Crippen LogP) is 11.6. The van der Waals surface area contributed by atoms with Crippen LogP contribution in [0.5, 0.6) is 0 Å². The third-order valence-electron chi connectivity index (χ3n) is 12.0. The summed E-state index contributed by atoms with van der Waals surface area (Å²) in [5.41, 5.74) is 3.36. The van der Waals surface area contributed by atoms with Crippen LogP contribution < -0.4 is 9.80 Å². The van der Waals surface area contributed by atoms with Gasteiger partial charge in [-0.3, -0.25) is 0 Å². The summed E-state index contributed by atoms with van der Waals surface area (Å²) in [5, 5.41) is 0. The molecule has 4 aromatic heterocycles. The molecule has 6 aromatic rings. The number of anilines is 2. The van der Waals surface area contributed by atoms with Gasteiger partial charge in [0.05, 0.1) is 17.6 Å². The molecule has 8 rings (SSSR count). The number of halogens is 2. The fourth-order valence-corrected chi connectivity index (χ4v) is 9.78. The van der Waals surface area contributed by atoms with Gasteiger partial charge in [0.1, 0.15) is 48.4 Å². The van der Waals surface area contributed by atoms with Gasteiger partial charge in [-0.15, -0.1) is 0 Å². The lowest BCUT2D eigenvalue weighted by atomic mass is 9.96. The molecule has 14 heteroatoms. The summed E-state index contributed by atoms with van der Waals surface area (Å²) >= 11 is 0. The number of piperidine rings is 2. The lowest BCUT2D eigenvalue weighted by molar-refractivity contribution is 0.0839. The van der Waals surface area contributed by atoms with E-state index in [2.05, 4.69) is 80.3 Å². The zero-order valence-electron chi connectivity index (χ0n) is 38.6. The molecule has 0 spiro atoms. The lowest BCUT2D eigenvalue weighted by Crippen LogP contribution is -2.34. The maximum Gasteiger partial charge on any atom is 0.128 e.